The fraction of sp³-hybridized carbons (Fsp3) is 0.700. The van der Waals surface area contributed by atoms with E-state index >= 15 is 0 Å². The number of likely N-dealkylation sites (tertiary alicyclic amines) is 2. The molecular weight excluding hydrogens is 300 g/mol. The maximum Gasteiger partial charge on any atom is 0.119 e. The van der Waals surface area contributed by atoms with Crippen molar-refractivity contribution >= 4 is 0 Å². The quantitative estimate of drug-likeness (QED) is 0.899. The third-order valence-corrected chi connectivity index (χ3v) is 5.36. The fourth-order valence-corrected chi connectivity index (χ4v) is 4.14. The van der Waals surface area contributed by atoms with E-state index in [1.165, 1.54) is 31.2 Å². The average Bonchev–Trinajstić information content (AvgIpc) is 2.85. The zero-order chi connectivity index (χ0) is 16.8. The lowest BCUT2D eigenvalue weighted by atomic mass is 9.99. The lowest BCUT2D eigenvalue weighted by molar-refractivity contribution is -0.0144. The minimum atomic E-state index is -0.230. The number of ether oxygens (including phenoxy) is 1. The Morgan fingerprint density at radius 2 is 1.92 bits per heavy atom. The SMILES string of the molecule is CCOc1cccc(CN2CC[C@@H](N3CCCCCC3)[C@H](O)C2)c1. The molecule has 2 heterocycles. The molecule has 0 aromatic heterocycles. The van der Waals surface area contributed by atoms with Crippen LogP contribution in [0, 0.1) is 0 Å². The Morgan fingerprint density at radius 3 is 2.62 bits per heavy atom. The van der Waals surface area contributed by atoms with Crippen LogP contribution in [0.4, 0.5) is 0 Å². The van der Waals surface area contributed by atoms with Gasteiger partial charge in [0, 0.05) is 25.7 Å². The summed E-state index contributed by atoms with van der Waals surface area (Å²) < 4.78 is 5.59. The van der Waals surface area contributed by atoms with Crippen LogP contribution in [0.15, 0.2) is 24.3 Å². The van der Waals surface area contributed by atoms with Crippen molar-refractivity contribution in [3.05, 3.63) is 29.8 Å². The number of aliphatic hydroxyl groups is 1. The molecule has 134 valence electrons. The molecule has 0 bridgehead atoms. The molecule has 0 spiro atoms. The van der Waals surface area contributed by atoms with Gasteiger partial charge in [-0.15, -0.1) is 0 Å². The summed E-state index contributed by atoms with van der Waals surface area (Å²) in [6.07, 6.45) is 6.12. The zero-order valence-electron chi connectivity index (χ0n) is 15.0. The van der Waals surface area contributed by atoms with Crippen LogP contribution in [-0.4, -0.2) is 59.8 Å². The molecule has 2 aliphatic heterocycles. The molecule has 4 heteroatoms. The Labute approximate surface area is 146 Å². The highest BCUT2D eigenvalue weighted by molar-refractivity contribution is 5.28. The number of aliphatic hydroxyl groups excluding tert-OH is 1. The van der Waals surface area contributed by atoms with Crippen LogP contribution < -0.4 is 4.74 Å². The molecule has 0 aliphatic carbocycles. The van der Waals surface area contributed by atoms with Crippen LogP contribution in [0.2, 0.25) is 0 Å². The van der Waals surface area contributed by atoms with Gasteiger partial charge < -0.3 is 9.84 Å². The molecule has 4 nitrogen and oxygen atoms in total. The van der Waals surface area contributed by atoms with Gasteiger partial charge >= 0.3 is 0 Å². The first kappa shape index (κ1) is 17.7. The van der Waals surface area contributed by atoms with E-state index in [4.69, 9.17) is 4.74 Å². The summed E-state index contributed by atoms with van der Waals surface area (Å²) in [7, 11) is 0. The van der Waals surface area contributed by atoms with Crippen molar-refractivity contribution in [2.45, 2.75) is 57.7 Å². The first-order valence-corrected chi connectivity index (χ1v) is 9.62. The molecule has 1 aromatic carbocycles. The van der Waals surface area contributed by atoms with Gasteiger partial charge in [-0.3, -0.25) is 9.80 Å². The lowest BCUT2D eigenvalue weighted by Gasteiger charge is -2.41. The third kappa shape index (κ3) is 4.71. The molecule has 1 aromatic rings. The number of hydrogen-bond acceptors (Lipinski definition) is 4. The van der Waals surface area contributed by atoms with E-state index in [1.54, 1.807) is 0 Å². The van der Waals surface area contributed by atoms with Crippen molar-refractivity contribution in [1.29, 1.82) is 0 Å². The van der Waals surface area contributed by atoms with Crippen LogP contribution in [0.25, 0.3) is 0 Å². The third-order valence-electron chi connectivity index (χ3n) is 5.36. The van der Waals surface area contributed by atoms with Crippen molar-refractivity contribution in [3.63, 3.8) is 0 Å². The summed E-state index contributed by atoms with van der Waals surface area (Å²) >= 11 is 0. The molecule has 1 N–H and O–H groups in total. The predicted octanol–water partition coefficient (Wildman–Crippen LogP) is 2.90. The van der Waals surface area contributed by atoms with E-state index in [0.717, 1.165) is 44.9 Å². The van der Waals surface area contributed by atoms with E-state index < -0.39 is 0 Å². The molecule has 0 radical (unpaired) electrons. The number of piperidine rings is 1. The lowest BCUT2D eigenvalue weighted by Crippen LogP contribution is -2.54. The van der Waals surface area contributed by atoms with Crippen LogP contribution in [-0.2, 0) is 6.54 Å². The van der Waals surface area contributed by atoms with Crippen LogP contribution >= 0.6 is 0 Å². The second-order valence-corrected chi connectivity index (χ2v) is 7.19. The number of rotatable bonds is 5. The topological polar surface area (TPSA) is 35.9 Å². The second kappa shape index (κ2) is 8.84. The summed E-state index contributed by atoms with van der Waals surface area (Å²) in [5, 5.41) is 10.7. The summed E-state index contributed by atoms with van der Waals surface area (Å²) in [4.78, 5) is 4.93. The van der Waals surface area contributed by atoms with E-state index in [2.05, 4.69) is 28.0 Å². The van der Waals surface area contributed by atoms with Crippen molar-refractivity contribution in [3.8, 4) is 5.75 Å². The van der Waals surface area contributed by atoms with Crippen LogP contribution in [0.5, 0.6) is 5.75 Å². The first-order chi connectivity index (χ1) is 11.8. The number of β-amino-alcohol motifs (C(OH)–C–C–N with tert-alkyl or cyclic N) is 1. The summed E-state index contributed by atoms with van der Waals surface area (Å²) in [5.41, 5.74) is 1.27. The second-order valence-electron chi connectivity index (χ2n) is 7.19. The van der Waals surface area contributed by atoms with E-state index in [-0.39, 0.29) is 6.10 Å². The number of nitrogens with zero attached hydrogens (tertiary/aromatic N) is 2. The van der Waals surface area contributed by atoms with Gasteiger partial charge in [-0.2, -0.15) is 0 Å². The van der Waals surface area contributed by atoms with E-state index in [9.17, 15) is 5.11 Å². The predicted molar refractivity (Wildman–Crippen MR) is 97.3 cm³/mol. The Balaban J connectivity index is 1.54. The zero-order valence-corrected chi connectivity index (χ0v) is 15.0. The van der Waals surface area contributed by atoms with Crippen molar-refractivity contribution in [2.75, 3.05) is 32.8 Å². The van der Waals surface area contributed by atoms with Gasteiger partial charge in [0.05, 0.1) is 12.7 Å². The molecule has 24 heavy (non-hydrogen) atoms. The summed E-state index contributed by atoms with van der Waals surface area (Å²) in [6.45, 7) is 7.78. The van der Waals surface area contributed by atoms with Crippen LogP contribution in [0.1, 0.15) is 44.6 Å². The molecule has 2 atom stereocenters. The molecule has 0 saturated carbocycles. The van der Waals surface area contributed by atoms with Crippen molar-refractivity contribution < 1.29 is 9.84 Å². The number of hydrogen-bond donors (Lipinski definition) is 1. The van der Waals surface area contributed by atoms with E-state index in [0.29, 0.717) is 12.6 Å². The maximum absolute atomic E-state index is 10.7. The standard InChI is InChI=1S/C20H32N2O2/c1-2-24-18-9-7-8-17(14-18)15-21-13-10-19(20(23)16-21)22-11-5-3-4-6-12-22/h7-9,14,19-20,23H,2-6,10-13,15-16H2,1H3/t19-,20-/m1/s1. The Bertz CT molecular complexity index is 500. The smallest absolute Gasteiger partial charge is 0.119 e. The molecule has 0 amide bonds. The van der Waals surface area contributed by atoms with Gasteiger partial charge in [0.2, 0.25) is 0 Å². The van der Waals surface area contributed by atoms with Gasteiger partial charge in [-0.1, -0.05) is 25.0 Å². The van der Waals surface area contributed by atoms with Gasteiger partial charge in [-0.25, -0.2) is 0 Å². The van der Waals surface area contributed by atoms with Crippen molar-refractivity contribution in [2.24, 2.45) is 0 Å². The van der Waals surface area contributed by atoms with E-state index in [1.807, 2.05) is 13.0 Å². The normalized spacial score (nSPS) is 26.9. The molecule has 2 saturated heterocycles. The Hall–Kier alpha value is -1.10. The van der Waals surface area contributed by atoms with Crippen molar-refractivity contribution in [1.82, 2.24) is 9.80 Å². The molecule has 3 rings (SSSR count). The average molecular weight is 332 g/mol. The van der Waals surface area contributed by atoms with Gasteiger partial charge in [0.1, 0.15) is 5.75 Å². The minimum absolute atomic E-state index is 0.230. The van der Waals surface area contributed by atoms with Gasteiger partial charge in [0.15, 0.2) is 0 Å². The Morgan fingerprint density at radius 1 is 1.12 bits per heavy atom. The highest BCUT2D eigenvalue weighted by Crippen LogP contribution is 2.23. The minimum Gasteiger partial charge on any atom is -0.494 e. The highest BCUT2D eigenvalue weighted by atomic mass is 16.5. The largest absolute Gasteiger partial charge is 0.494 e. The Kier molecular flexibility index (Phi) is 6.52. The first-order valence-electron chi connectivity index (χ1n) is 9.62. The summed E-state index contributed by atoms with van der Waals surface area (Å²) in [6, 6.07) is 8.69. The van der Waals surface area contributed by atoms with Crippen LogP contribution in [0.3, 0.4) is 0 Å². The maximum atomic E-state index is 10.7. The molecule has 0 unspecified atom stereocenters. The molecule has 2 fully saturated rings. The molecular formula is C20H32N2O2. The number of benzene rings is 1. The monoisotopic (exact) mass is 332 g/mol. The fourth-order valence-electron chi connectivity index (χ4n) is 4.14. The highest BCUT2D eigenvalue weighted by Gasteiger charge is 2.32. The molecule has 2 aliphatic rings. The summed E-state index contributed by atoms with van der Waals surface area (Å²) in [5.74, 6) is 0.940. The van der Waals surface area contributed by atoms with Gasteiger partial charge in [0.25, 0.3) is 0 Å². The van der Waals surface area contributed by atoms with Gasteiger partial charge in [-0.05, 0) is 57.0 Å².